The molecule has 0 unspecified atom stereocenters. The van der Waals surface area contributed by atoms with Crippen LogP contribution in [0.25, 0.3) is 0 Å². The summed E-state index contributed by atoms with van der Waals surface area (Å²) in [6.45, 7) is 6.69. The number of hydrogen-bond donors (Lipinski definition) is 2. The fourth-order valence-electron chi connectivity index (χ4n) is 1.30. The van der Waals surface area contributed by atoms with Gasteiger partial charge in [-0.25, -0.2) is 0 Å². The minimum atomic E-state index is 0.0178. The highest BCUT2D eigenvalue weighted by molar-refractivity contribution is 5.91. The van der Waals surface area contributed by atoms with Crippen LogP contribution in [0.1, 0.15) is 26.0 Å². The SMILES string of the molecule is Cc1ncccc1NC(=O)CCNC(C)C. The number of aromatic nitrogens is 1. The van der Waals surface area contributed by atoms with Crippen LogP contribution in [0.4, 0.5) is 5.69 Å². The third-order valence-electron chi connectivity index (χ3n) is 2.19. The van der Waals surface area contributed by atoms with E-state index >= 15 is 0 Å². The van der Waals surface area contributed by atoms with Crippen molar-refractivity contribution < 1.29 is 4.79 Å². The van der Waals surface area contributed by atoms with Gasteiger partial charge in [-0.05, 0) is 19.1 Å². The first-order valence-corrected chi connectivity index (χ1v) is 5.54. The van der Waals surface area contributed by atoms with E-state index in [4.69, 9.17) is 0 Å². The van der Waals surface area contributed by atoms with Crippen molar-refractivity contribution in [3.05, 3.63) is 24.0 Å². The zero-order valence-electron chi connectivity index (χ0n) is 10.1. The standard InChI is InChI=1S/C12H19N3O/c1-9(2)13-8-6-12(16)15-11-5-4-7-14-10(11)3/h4-5,7,9,13H,6,8H2,1-3H3,(H,15,16). The zero-order valence-corrected chi connectivity index (χ0v) is 10.1. The molecule has 0 spiro atoms. The number of pyridine rings is 1. The number of amides is 1. The van der Waals surface area contributed by atoms with E-state index in [0.717, 1.165) is 11.4 Å². The molecule has 1 heterocycles. The average Bonchev–Trinajstić information content (AvgIpc) is 2.21. The second-order valence-electron chi connectivity index (χ2n) is 4.04. The van der Waals surface area contributed by atoms with Crippen LogP contribution in [0.2, 0.25) is 0 Å². The van der Waals surface area contributed by atoms with E-state index in [2.05, 4.69) is 29.5 Å². The number of carbonyl (C=O) groups is 1. The topological polar surface area (TPSA) is 54.0 Å². The first kappa shape index (κ1) is 12.6. The Labute approximate surface area is 96.5 Å². The highest BCUT2D eigenvalue weighted by Crippen LogP contribution is 2.10. The molecule has 0 saturated heterocycles. The van der Waals surface area contributed by atoms with Crippen molar-refractivity contribution in [2.45, 2.75) is 33.2 Å². The summed E-state index contributed by atoms with van der Waals surface area (Å²) in [5.41, 5.74) is 1.63. The number of nitrogens with one attached hydrogen (secondary N) is 2. The third kappa shape index (κ3) is 4.40. The van der Waals surface area contributed by atoms with Crippen LogP contribution in [0.5, 0.6) is 0 Å². The Morgan fingerprint density at radius 1 is 1.50 bits per heavy atom. The predicted molar refractivity (Wildman–Crippen MR) is 65.4 cm³/mol. The third-order valence-corrected chi connectivity index (χ3v) is 2.19. The Bertz CT molecular complexity index is 350. The van der Waals surface area contributed by atoms with E-state index in [1.54, 1.807) is 6.20 Å². The van der Waals surface area contributed by atoms with Gasteiger partial charge in [-0.15, -0.1) is 0 Å². The van der Waals surface area contributed by atoms with Crippen molar-refractivity contribution in [3.8, 4) is 0 Å². The van der Waals surface area contributed by atoms with Gasteiger partial charge in [0.1, 0.15) is 0 Å². The van der Waals surface area contributed by atoms with Gasteiger partial charge in [-0.2, -0.15) is 0 Å². The van der Waals surface area contributed by atoms with E-state index in [9.17, 15) is 4.79 Å². The van der Waals surface area contributed by atoms with Gasteiger partial charge >= 0.3 is 0 Å². The Morgan fingerprint density at radius 2 is 2.25 bits per heavy atom. The molecule has 0 atom stereocenters. The smallest absolute Gasteiger partial charge is 0.225 e. The number of anilines is 1. The monoisotopic (exact) mass is 221 g/mol. The fraction of sp³-hybridized carbons (Fsp3) is 0.500. The normalized spacial score (nSPS) is 10.5. The van der Waals surface area contributed by atoms with Crippen LogP contribution in [0, 0.1) is 6.92 Å². The van der Waals surface area contributed by atoms with Gasteiger partial charge < -0.3 is 10.6 Å². The minimum absolute atomic E-state index is 0.0178. The van der Waals surface area contributed by atoms with Crippen molar-refractivity contribution in [3.63, 3.8) is 0 Å². The van der Waals surface area contributed by atoms with Crippen LogP contribution in [-0.4, -0.2) is 23.5 Å². The van der Waals surface area contributed by atoms with E-state index in [1.165, 1.54) is 0 Å². The summed E-state index contributed by atoms with van der Waals surface area (Å²) in [4.78, 5) is 15.7. The maximum Gasteiger partial charge on any atom is 0.225 e. The maximum atomic E-state index is 11.6. The molecule has 0 saturated carbocycles. The quantitative estimate of drug-likeness (QED) is 0.796. The number of aryl methyl sites for hydroxylation is 1. The van der Waals surface area contributed by atoms with Gasteiger partial charge in [0.15, 0.2) is 0 Å². The van der Waals surface area contributed by atoms with Crippen molar-refractivity contribution in [1.82, 2.24) is 10.3 Å². The molecule has 1 rings (SSSR count). The summed E-state index contributed by atoms with van der Waals surface area (Å²) in [7, 11) is 0. The molecule has 0 bridgehead atoms. The second kappa shape index (κ2) is 6.23. The Morgan fingerprint density at radius 3 is 2.88 bits per heavy atom. The van der Waals surface area contributed by atoms with Crippen molar-refractivity contribution in [2.24, 2.45) is 0 Å². The van der Waals surface area contributed by atoms with Crippen molar-refractivity contribution in [2.75, 3.05) is 11.9 Å². The van der Waals surface area contributed by atoms with Gasteiger partial charge in [-0.1, -0.05) is 13.8 Å². The van der Waals surface area contributed by atoms with E-state index in [-0.39, 0.29) is 5.91 Å². The van der Waals surface area contributed by atoms with Crippen LogP contribution in [0.15, 0.2) is 18.3 Å². The average molecular weight is 221 g/mol. The van der Waals surface area contributed by atoms with E-state index < -0.39 is 0 Å². The molecular formula is C12H19N3O. The maximum absolute atomic E-state index is 11.6. The number of rotatable bonds is 5. The largest absolute Gasteiger partial charge is 0.324 e. The summed E-state index contributed by atoms with van der Waals surface area (Å²) < 4.78 is 0. The van der Waals surface area contributed by atoms with Crippen LogP contribution < -0.4 is 10.6 Å². The molecule has 4 heteroatoms. The van der Waals surface area contributed by atoms with Crippen molar-refractivity contribution in [1.29, 1.82) is 0 Å². The summed E-state index contributed by atoms with van der Waals surface area (Å²) >= 11 is 0. The summed E-state index contributed by atoms with van der Waals surface area (Å²) in [6.07, 6.45) is 2.19. The van der Waals surface area contributed by atoms with Gasteiger partial charge in [0.2, 0.25) is 5.91 Å². The molecule has 4 nitrogen and oxygen atoms in total. The number of carbonyl (C=O) groups excluding carboxylic acids is 1. The minimum Gasteiger partial charge on any atom is -0.324 e. The number of nitrogens with zero attached hydrogens (tertiary/aromatic N) is 1. The molecule has 1 aromatic rings. The fourth-order valence-corrected chi connectivity index (χ4v) is 1.30. The molecule has 88 valence electrons. The Kier molecular flexibility index (Phi) is 4.92. The van der Waals surface area contributed by atoms with Gasteiger partial charge in [-0.3, -0.25) is 9.78 Å². The lowest BCUT2D eigenvalue weighted by molar-refractivity contribution is -0.116. The molecule has 2 N–H and O–H groups in total. The van der Waals surface area contributed by atoms with Gasteiger partial charge in [0.05, 0.1) is 11.4 Å². The molecular weight excluding hydrogens is 202 g/mol. The molecule has 0 aromatic carbocycles. The predicted octanol–water partition coefficient (Wildman–Crippen LogP) is 1.72. The first-order chi connectivity index (χ1) is 7.59. The van der Waals surface area contributed by atoms with Gasteiger partial charge in [0.25, 0.3) is 0 Å². The van der Waals surface area contributed by atoms with E-state index in [0.29, 0.717) is 19.0 Å². The molecule has 0 aliphatic carbocycles. The summed E-state index contributed by atoms with van der Waals surface area (Å²) in [6, 6.07) is 4.08. The Balaban J connectivity index is 2.37. The second-order valence-corrected chi connectivity index (χ2v) is 4.04. The van der Waals surface area contributed by atoms with Crippen LogP contribution >= 0.6 is 0 Å². The molecule has 0 radical (unpaired) electrons. The molecule has 0 aliphatic rings. The lowest BCUT2D eigenvalue weighted by Crippen LogP contribution is -2.27. The van der Waals surface area contributed by atoms with E-state index in [1.807, 2.05) is 19.1 Å². The first-order valence-electron chi connectivity index (χ1n) is 5.54. The molecule has 0 fully saturated rings. The molecule has 1 aromatic heterocycles. The lowest BCUT2D eigenvalue weighted by Gasteiger charge is -2.09. The van der Waals surface area contributed by atoms with Crippen LogP contribution in [0.3, 0.4) is 0 Å². The zero-order chi connectivity index (χ0) is 12.0. The molecule has 1 amide bonds. The molecule has 16 heavy (non-hydrogen) atoms. The lowest BCUT2D eigenvalue weighted by atomic mass is 10.3. The summed E-state index contributed by atoms with van der Waals surface area (Å²) in [5, 5.41) is 6.04. The highest BCUT2D eigenvalue weighted by atomic mass is 16.1. The molecule has 0 aliphatic heterocycles. The number of hydrogen-bond acceptors (Lipinski definition) is 3. The van der Waals surface area contributed by atoms with Crippen molar-refractivity contribution >= 4 is 11.6 Å². The summed E-state index contributed by atoms with van der Waals surface area (Å²) in [5.74, 6) is 0.0178. The van der Waals surface area contributed by atoms with Crippen LogP contribution in [-0.2, 0) is 4.79 Å². The Hall–Kier alpha value is -1.42. The van der Waals surface area contributed by atoms with Gasteiger partial charge in [0, 0.05) is 25.2 Å². The highest BCUT2D eigenvalue weighted by Gasteiger charge is 2.04.